The van der Waals surface area contributed by atoms with Gasteiger partial charge in [0.2, 0.25) is 10.0 Å². The van der Waals surface area contributed by atoms with Gasteiger partial charge in [0.25, 0.3) is 5.91 Å². The zero-order chi connectivity index (χ0) is 21.0. The molecule has 1 fully saturated rings. The number of nitrogens with zero attached hydrogens (tertiary/aromatic N) is 3. The fourth-order valence-electron chi connectivity index (χ4n) is 3.10. The number of hydrogen-bond donors (Lipinski definition) is 1. The van der Waals surface area contributed by atoms with E-state index in [1.165, 1.54) is 28.6 Å². The van der Waals surface area contributed by atoms with Crippen molar-refractivity contribution in [2.24, 2.45) is 0 Å². The molecule has 1 N–H and O–H groups in total. The highest BCUT2D eigenvalue weighted by molar-refractivity contribution is 7.89. The smallest absolute Gasteiger partial charge is 0.251 e. The van der Waals surface area contributed by atoms with Gasteiger partial charge in [-0.1, -0.05) is 0 Å². The van der Waals surface area contributed by atoms with Crippen LogP contribution in [0.1, 0.15) is 16.1 Å². The molecule has 0 unspecified atom stereocenters. The fraction of sp³-hybridized carbons (Fsp3) is 0.250. The van der Waals surface area contributed by atoms with Crippen LogP contribution in [0.2, 0.25) is 0 Å². The molecule has 1 aromatic carbocycles. The van der Waals surface area contributed by atoms with E-state index in [2.05, 4.69) is 15.3 Å². The Hall–Kier alpha value is -3.08. The average Bonchev–Trinajstić information content (AvgIpc) is 3.33. The summed E-state index contributed by atoms with van der Waals surface area (Å²) in [4.78, 5) is 21.2. The van der Waals surface area contributed by atoms with E-state index in [1.807, 2.05) is 0 Å². The molecular formula is C20H20N4O5S. The summed E-state index contributed by atoms with van der Waals surface area (Å²) in [7, 11) is -3.60. The highest BCUT2D eigenvalue weighted by Gasteiger charge is 2.26. The molecule has 0 bridgehead atoms. The van der Waals surface area contributed by atoms with E-state index in [0.717, 1.165) is 0 Å². The standard InChI is InChI=1S/C20H20N4O5S/c25-20(23-14-17-19(22-8-7-21-17)18-2-1-11-29-18)15-3-5-16(6-4-15)30(26,27)24-9-12-28-13-10-24/h1-8,11H,9-10,12-14H2,(H,23,25). The molecule has 0 radical (unpaired) electrons. The Kier molecular flexibility index (Phi) is 5.88. The minimum absolute atomic E-state index is 0.148. The first kappa shape index (κ1) is 20.2. The fourth-order valence-corrected chi connectivity index (χ4v) is 4.50. The molecule has 9 nitrogen and oxygen atoms in total. The third-order valence-electron chi connectivity index (χ3n) is 4.67. The van der Waals surface area contributed by atoms with Gasteiger partial charge < -0.3 is 14.5 Å². The number of amides is 1. The summed E-state index contributed by atoms with van der Waals surface area (Å²) in [6.07, 6.45) is 4.63. The molecule has 0 atom stereocenters. The van der Waals surface area contributed by atoms with E-state index in [-0.39, 0.29) is 17.3 Å². The molecule has 2 aromatic heterocycles. The van der Waals surface area contributed by atoms with Crippen molar-refractivity contribution in [3.05, 3.63) is 66.3 Å². The van der Waals surface area contributed by atoms with Gasteiger partial charge in [0, 0.05) is 31.0 Å². The van der Waals surface area contributed by atoms with Crippen molar-refractivity contribution in [1.29, 1.82) is 0 Å². The zero-order valence-electron chi connectivity index (χ0n) is 16.0. The van der Waals surface area contributed by atoms with Gasteiger partial charge in [0.05, 0.1) is 36.6 Å². The predicted octanol–water partition coefficient (Wildman–Crippen LogP) is 1.69. The molecule has 156 valence electrons. The zero-order valence-corrected chi connectivity index (χ0v) is 16.8. The van der Waals surface area contributed by atoms with Crippen LogP contribution >= 0.6 is 0 Å². The molecule has 0 saturated carbocycles. The second-order valence-corrected chi connectivity index (χ2v) is 8.49. The maximum Gasteiger partial charge on any atom is 0.251 e. The monoisotopic (exact) mass is 428 g/mol. The summed E-state index contributed by atoms with van der Waals surface area (Å²) in [5.41, 5.74) is 1.46. The number of hydrogen-bond acceptors (Lipinski definition) is 7. The summed E-state index contributed by atoms with van der Waals surface area (Å²) in [6.45, 7) is 1.54. The van der Waals surface area contributed by atoms with Crippen LogP contribution in [-0.2, 0) is 21.3 Å². The van der Waals surface area contributed by atoms with E-state index in [1.54, 1.807) is 30.8 Å². The number of furan rings is 1. The van der Waals surface area contributed by atoms with Crippen LogP contribution in [0, 0.1) is 0 Å². The molecule has 0 spiro atoms. The molecule has 3 aromatic rings. The third-order valence-corrected chi connectivity index (χ3v) is 6.58. The van der Waals surface area contributed by atoms with Crippen LogP contribution in [0.15, 0.2) is 64.4 Å². The number of benzene rings is 1. The number of aromatic nitrogens is 2. The lowest BCUT2D eigenvalue weighted by atomic mass is 10.2. The molecule has 1 saturated heterocycles. The summed E-state index contributed by atoms with van der Waals surface area (Å²) >= 11 is 0. The number of nitrogens with one attached hydrogen (secondary N) is 1. The van der Waals surface area contributed by atoms with Gasteiger partial charge in [0.1, 0.15) is 5.69 Å². The number of carbonyl (C=O) groups is 1. The first-order valence-electron chi connectivity index (χ1n) is 9.35. The van der Waals surface area contributed by atoms with E-state index >= 15 is 0 Å². The van der Waals surface area contributed by atoms with Crippen LogP contribution in [0.25, 0.3) is 11.5 Å². The highest BCUT2D eigenvalue weighted by Crippen LogP contribution is 2.20. The highest BCUT2D eigenvalue weighted by atomic mass is 32.2. The number of rotatable bonds is 6. The maximum atomic E-state index is 12.7. The molecule has 0 aliphatic carbocycles. The van der Waals surface area contributed by atoms with E-state index in [4.69, 9.17) is 9.15 Å². The van der Waals surface area contributed by atoms with Crippen LogP contribution < -0.4 is 5.32 Å². The number of carbonyl (C=O) groups excluding carboxylic acids is 1. The Bertz CT molecular complexity index is 1110. The lowest BCUT2D eigenvalue weighted by Gasteiger charge is -2.26. The van der Waals surface area contributed by atoms with E-state index < -0.39 is 10.0 Å². The molecular weight excluding hydrogens is 408 g/mol. The van der Waals surface area contributed by atoms with Crippen molar-refractivity contribution >= 4 is 15.9 Å². The van der Waals surface area contributed by atoms with Gasteiger partial charge in [-0.05, 0) is 36.4 Å². The first-order chi connectivity index (χ1) is 14.6. The van der Waals surface area contributed by atoms with Crippen molar-refractivity contribution < 1.29 is 22.4 Å². The number of sulfonamides is 1. The minimum Gasteiger partial charge on any atom is -0.463 e. The van der Waals surface area contributed by atoms with Crippen LogP contribution in [0.3, 0.4) is 0 Å². The van der Waals surface area contributed by atoms with E-state index in [9.17, 15) is 13.2 Å². The van der Waals surface area contributed by atoms with Gasteiger partial charge >= 0.3 is 0 Å². The average molecular weight is 428 g/mol. The molecule has 10 heteroatoms. The summed E-state index contributed by atoms with van der Waals surface area (Å²) < 4.78 is 37.3. The Balaban J connectivity index is 1.44. The molecule has 1 amide bonds. The van der Waals surface area contributed by atoms with Crippen molar-refractivity contribution in [2.45, 2.75) is 11.4 Å². The largest absolute Gasteiger partial charge is 0.463 e. The molecule has 1 aliphatic rings. The predicted molar refractivity (Wildman–Crippen MR) is 107 cm³/mol. The molecule has 3 heterocycles. The van der Waals surface area contributed by atoms with Crippen LogP contribution in [-0.4, -0.2) is 54.9 Å². The van der Waals surface area contributed by atoms with Crippen molar-refractivity contribution in [3.63, 3.8) is 0 Å². The van der Waals surface area contributed by atoms with Crippen LogP contribution in [0.4, 0.5) is 0 Å². The topological polar surface area (TPSA) is 115 Å². The summed E-state index contributed by atoms with van der Waals surface area (Å²) in [5.74, 6) is 0.214. The van der Waals surface area contributed by atoms with Gasteiger partial charge in [-0.3, -0.25) is 9.78 Å². The second-order valence-electron chi connectivity index (χ2n) is 6.55. The lowest BCUT2D eigenvalue weighted by molar-refractivity contribution is 0.0730. The van der Waals surface area contributed by atoms with Crippen LogP contribution in [0.5, 0.6) is 0 Å². The van der Waals surface area contributed by atoms with Crippen molar-refractivity contribution in [3.8, 4) is 11.5 Å². The van der Waals surface area contributed by atoms with Crippen molar-refractivity contribution in [1.82, 2.24) is 19.6 Å². The Morgan fingerprint density at radius 2 is 1.80 bits per heavy atom. The van der Waals surface area contributed by atoms with E-state index in [0.29, 0.717) is 49.0 Å². The Labute approximate surface area is 173 Å². The Morgan fingerprint density at radius 3 is 2.50 bits per heavy atom. The molecule has 1 aliphatic heterocycles. The summed E-state index contributed by atoms with van der Waals surface area (Å²) in [6, 6.07) is 9.38. The quantitative estimate of drug-likeness (QED) is 0.635. The second kappa shape index (κ2) is 8.74. The maximum absolute atomic E-state index is 12.7. The SMILES string of the molecule is O=C(NCc1nccnc1-c1ccco1)c1ccc(S(=O)(=O)N2CCOCC2)cc1. The minimum atomic E-state index is -3.60. The Morgan fingerprint density at radius 1 is 1.07 bits per heavy atom. The molecule has 30 heavy (non-hydrogen) atoms. The normalized spacial score (nSPS) is 15.1. The van der Waals surface area contributed by atoms with Gasteiger partial charge in [0.15, 0.2) is 5.76 Å². The molecule has 4 rings (SSSR count). The first-order valence-corrected chi connectivity index (χ1v) is 10.8. The van der Waals surface area contributed by atoms with Crippen molar-refractivity contribution in [2.75, 3.05) is 26.3 Å². The van der Waals surface area contributed by atoms with Gasteiger partial charge in [-0.25, -0.2) is 13.4 Å². The lowest BCUT2D eigenvalue weighted by Crippen LogP contribution is -2.40. The third kappa shape index (κ3) is 4.25. The van der Waals surface area contributed by atoms with Gasteiger partial charge in [-0.15, -0.1) is 0 Å². The summed E-state index contributed by atoms with van der Waals surface area (Å²) in [5, 5.41) is 2.78. The number of ether oxygens (including phenoxy) is 1. The number of morpholine rings is 1. The van der Waals surface area contributed by atoms with Gasteiger partial charge in [-0.2, -0.15) is 4.31 Å².